The molecule has 9 heteroatoms. The lowest BCUT2D eigenvalue weighted by molar-refractivity contribution is -0.159. The Kier molecular flexibility index (Phi) is 10.8. The number of rotatable bonds is 13. The highest BCUT2D eigenvalue weighted by atomic mass is 32.1. The van der Waals surface area contributed by atoms with Crippen molar-refractivity contribution in [2.75, 3.05) is 6.54 Å². The number of hydrogen-bond acceptors (Lipinski definition) is 7. The van der Waals surface area contributed by atoms with E-state index in [2.05, 4.69) is 5.32 Å². The molecule has 7 nitrogen and oxygen atoms in total. The van der Waals surface area contributed by atoms with Gasteiger partial charge in [0, 0.05) is 23.2 Å². The fraction of sp³-hybridized carbons (Fsp3) is 0.346. The summed E-state index contributed by atoms with van der Waals surface area (Å²) in [7, 11) is 0. The molecular weight excluding hydrogens is 484 g/mol. The van der Waals surface area contributed by atoms with E-state index in [9.17, 15) is 14.4 Å². The van der Waals surface area contributed by atoms with Crippen LogP contribution in [-0.2, 0) is 38.8 Å². The first-order valence-corrected chi connectivity index (χ1v) is 13.2. The first-order valence-electron chi connectivity index (χ1n) is 11.5. The van der Waals surface area contributed by atoms with Crippen LogP contribution in [0.15, 0.2) is 65.4 Å². The molecule has 0 saturated heterocycles. The highest BCUT2D eigenvalue weighted by Crippen LogP contribution is 2.20. The predicted octanol–water partition coefficient (Wildman–Crippen LogP) is 5.37. The standard InChI is InChI=1S/C26H30N2O5S2/c1-20(29)33-24(13-5-6-14-27-26(31)32-19-21-9-3-2-4-10-21)25(30)28(17-22-11-7-15-34-22)18-23-12-8-16-35-23/h2-4,7-12,15-16,24H,5-6,13-14,17-19H2,1H3,(H,27,31)/t24-/m0/s1. The maximum Gasteiger partial charge on any atom is 0.407 e. The van der Waals surface area contributed by atoms with Gasteiger partial charge in [-0.3, -0.25) is 9.59 Å². The van der Waals surface area contributed by atoms with Crippen molar-refractivity contribution in [3.63, 3.8) is 0 Å². The number of alkyl carbamates (subject to hydrolysis) is 1. The maximum atomic E-state index is 13.4. The zero-order valence-corrected chi connectivity index (χ0v) is 21.3. The van der Waals surface area contributed by atoms with Gasteiger partial charge in [0.25, 0.3) is 5.91 Å². The summed E-state index contributed by atoms with van der Waals surface area (Å²) in [6.45, 7) is 2.85. The Balaban J connectivity index is 1.48. The van der Waals surface area contributed by atoms with Gasteiger partial charge in [-0.05, 0) is 47.7 Å². The largest absolute Gasteiger partial charge is 0.452 e. The van der Waals surface area contributed by atoms with Crippen LogP contribution in [0.4, 0.5) is 4.79 Å². The van der Waals surface area contributed by atoms with Crippen LogP contribution < -0.4 is 5.32 Å². The molecule has 0 fully saturated rings. The van der Waals surface area contributed by atoms with E-state index in [1.807, 2.05) is 65.4 Å². The second-order valence-electron chi connectivity index (χ2n) is 7.94. The molecule has 0 aliphatic rings. The van der Waals surface area contributed by atoms with Gasteiger partial charge < -0.3 is 19.7 Å². The third kappa shape index (κ3) is 9.54. The number of thiophene rings is 2. The molecule has 0 aliphatic carbocycles. The summed E-state index contributed by atoms with van der Waals surface area (Å²) in [4.78, 5) is 40.9. The van der Waals surface area contributed by atoms with Gasteiger partial charge >= 0.3 is 12.1 Å². The van der Waals surface area contributed by atoms with Crippen molar-refractivity contribution in [3.8, 4) is 0 Å². The van der Waals surface area contributed by atoms with E-state index in [0.29, 0.717) is 38.9 Å². The third-order valence-corrected chi connectivity index (χ3v) is 6.85. The lowest BCUT2D eigenvalue weighted by Crippen LogP contribution is -2.40. The van der Waals surface area contributed by atoms with Crippen LogP contribution >= 0.6 is 22.7 Å². The number of amides is 2. The van der Waals surface area contributed by atoms with Crippen molar-refractivity contribution < 1.29 is 23.9 Å². The van der Waals surface area contributed by atoms with Crippen LogP contribution in [0, 0.1) is 0 Å². The van der Waals surface area contributed by atoms with Gasteiger partial charge in [-0.1, -0.05) is 42.5 Å². The van der Waals surface area contributed by atoms with Crippen molar-refractivity contribution in [1.29, 1.82) is 0 Å². The van der Waals surface area contributed by atoms with Crippen LogP contribution in [0.3, 0.4) is 0 Å². The van der Waals surface area contributed by atoms with Gasteiger partial charge in [-0.2, -0.15) is 0 Å². The third-order valence-electron chi connectivity index (χ3n) is 5.12. The Morgan fingerprint density at radius 2 is 1.57 bits per heavy atom. The van der Waals surface area contributed by atoms with Crippen molar-refractivity contribution in [3.05, 3.63) is 80.7 Å². The van der Waals surface area contributed by atoms with Gasteiger partial charge in [-0.15, -0.1) is 22.7 Å². The highest BCUT2D eigenvalue weighted by Gasteiger charge is 2.27. The van der Waals surface area contributed by atoms with Gasteiger partial charge in [0.2, 0.25) is 0 Å². The lowest BCUT2D eigenvalue weighted by atomic mass is 10.1. The average molecular weight is 515 g/mol. The Labute approximate surface area is 213 Å². The second kappa shape index (κ2) is 14.3. The van der Waals surface area contributed by atoms with E-state index in [1.165, 1.54) is 6.92 Å². The first-order chi connectivity index (χ1) is 17.0. The van der Waals surface area contributed by atoms with Crippen LogP contribution in [-0.4, -0.2) is 35.5 Å². The molecule has 3 rings (SSSR count). The van der Waals surface area contributed by atoms with E-state index in [0.717, 1.165) is 15.3 Å². The molecule has 1 atom stereocenters. The van der Waals surface area contributed by atoms with Crippen LogP contribution in [0.5, 0.6) is 0 Å². The topological polar surface area (TPSA) is 84.9 Å². The summed E-state index contributed by atoms with van der Waals surface area (Å²) in [5, 5.41) is 6.67. The molecule has 2 amide bonds. The van der Waals surface area contributed by atoms with Gasteiger partial charge in [-0.25, -0.2) is 4.79 Å². The molecule has 0 unspecified atom stereocenters. The molecule has 1 aromatic carbocycles. The van der Waals surface area contributed by atoms with Crippen molar-refractivity contribution >= 4 is 40.6 Å². The zero-order valence-electron chi connectivity index (χ0n) is 19.7. The van der Waals surface area contributed by atoms with E-state index in [1.54, 1.807) is 27.6 Å². The quantitative estimate of drug-likeness (QED) is 0.245. The fourth-order valence-electron chi connectivity index (χ4n) is 3.45. The summed E-state index contributed by atoms with van der Waals surface area (Å²) in [5.74, 6) is -0.699. The minimum absolute atomic E-state index is 0.208. The summed E-state index contributed by atoms with van der Waals surface area (Å²) in [6, 6.07) is 17.3. The molecule has 2 aromatic heterocycles. The fourth-order valence-corrected chi connectivity index (χ4v) is 4.89. The van der Waals surface area contributed by atoms with Crippen molar-refractivity contribution in [2.45, 2.75) is 52.0 Å². The number of benzene rings is 1. The summed E-state index contributed by atoms with van der Waals surface area (Å²) < 4.78 is 10.6. The number of ether oxygens (including phenoxy) is 2. The van der Waals surface area contributed by atoms with Crippen molar-refractivity contribution in [1.82, 2.24) is 10.2 Å². The summed E-state index contributed by atoms with van der Waals surface area (Å²) in [6.07, 6.45) is 0.261. The first kappa shape index (κ1) is 26.4. The van der Waals surface area contributed by atoms with Gasteiger partial charge in [0.1, 0.15) is 6.61 Å². The number of hydrogen-bond donors (Lipinski definition) is 1. The van der Waals surface area contributed by atoms with Crippen LogP contribution in [0.2, 0.25) is 0 Å². The number of carbonyl (C=O) groups is 3. The number of unbranched alkanes of at least 4 members (excludes halogenated alkanes) is 1. The predicted molar refractivity (Wildman–Crippen MR) is 137 cm³/mol. The highest BCUT2D eigenvalue weighted by molar-refractivity contribution is 7.10. The Hall–Kier alpha value is -3.17. The van der Waals surface area contributed by atoms with Gasteiger partial charge in [0.05, 0.1) is 13.1 Å². The maximum absolute atomic E-state index is 13.4. The molecule has 0 aliphatic heterocycles. The monoisotopic (exact) mass is 514 g/mol. The van der Waals surface area contributed by atoms with E-state index in [4.69, 9.17) is 9.47 Å². The van der Waals surface area contributed by atoms with E-state index >= 15 is 0 Å². The molecular formula is C26H30N2O5S2. The SMILES string of the molecule is CC(=O)O[C@@H](CCCCNC(=O)OCc1ccccc1)C(=O)N(Cc1cccs1)Cc1cccs1. The minimum atomic E-state index is -0.863. The van der Waals surface area contributed by atoms with Gasteiger partial charge in [0.15, 0.2) is 6.10 Å². The molecule has 3 aromatic rings. The lowest BCUT2D eigenvalue weighted by Gasteiger charge is -2.26. The Morgan fingerprint density at radius 1 is 0.914 bits per heavy atom. The summed E-state index contributed by atoms with van der Waals surface area (Å²) >= 11 is 3.17. The molecule has 2 heterocycles. The van der Waals surface area contributed by atoms with E-state index in [-0.39, 0.29) is 12.5 Å². The van der Waals surface area contributed by atoms with Crippen molar-refractivity contribution in [2.24, 2.45) is 0 Å². The molecule has 0 bridgehead atoms. The molecule has 0 radical (unpaired) electrons. The number of nitrogens with zero attached hydrogens (tertiary/aromatic N) is 1. The van der Waals surface area contributed by atoms with Crippen LogP contribution in [0.25, 0.3) is 0 Å². The molecule has 35 heavy (non-hydrogen) atoms. The van der Waals surface area contributed by atoms with Crippen LogP contribution in [0.1, 0.15) is 41.5 Å². The molecule has 1 N–H and O–H groups in total. The normalized spacial score (nSPS) is 11.5. The Bertz CT molecular complexity index is 1000. The smallest absolute Gasteiger partial charge is 0.407 e. The van der Waals surface area contributed by atoms with E-state index < -0.39 is 18.2 Å². The number of carbonyl (C=O) groups excluding carboxylic acids is 3. The molecule has 0 spiro atoms. The summed E-state index contributed by atoms with van der Waals surface area (Å²) in [5.41, 5.74) is 0.917. The minimum Gasteiger partial charge on any atom is -0.452 e. The number of esters is 1. The Morgan fingerprint density at radius 3 is 2.14 bits per heavy atom. The molecule has 0 saturated carbocycles. The molecule has 186 valence electrons. The number of nitrogens with one attached hydrogen (secondary N) is 1. The average Bonchev–Trinajstić information content (AvgIpc) is 3.56. The second-order valence-corrected chi connectivity index (χ2v) is 10.00. The zero-order chi connectivity index (χ0) is 24.9.